The minimum atomic E-state index is 0.0801. The molecule has 0 spiro atoms. The molecular formula is C24H33N3O4. The molecule has 7 nitrogen and oxygen atoms in total. The Hall–Kier alpha value is -2.70. The van der Waals surface area contributed by atoms with Crippen LogP contribution in [0.5, 0.6) is 11.5 Å². The summed E-state index contributed by atoms with van der Waals surface area (Å²) in [7, 11) is 1.68. The van der Waals surface area contributed by atoms with E-state index in [0.29, 0.717) is 24.5 Å². The molecule has 1 unspecified atom stereocenters. The number of methoxy groups -OCH3 is 1. The third-order valence-electron chi connectivity index (χ3n) is 6.19. The van der Waals surface area contributed by atoms with Crippen molar-refractivity contribution in [1.82, 2.24) is 9.88 Å². The van der Waals surface area contributed by atoms with Crippen molar-refractivity contribution in [3.63, 3.8) is 0 Å². The Bertz CT molecular complexity index is 864. The number of nitrogens with zero attached hydrogens (tertiary/aromatic N) is 3. The molecule has 1 atom stereocenters. The Morgan fingerprint density at radius 3 is 2.74 bits per heavy atom. The molecule has 1 amide bonds. The number of rotatable bonds is 8. The van der Waals surface area contributed by atoms with Gasteiger partial charge in [0.2, 0.25) is 11.8 Å². The van der Waals surface area contributed by atoms with E-state index in [1.165, 1.54) is 12.7 Å². The first-order chi connectivity index (χ1) is 15.0. The first-order valence-corrected chi connectivity index (χ1v) is 11.3. The highest BCUT2D eigenvalue weighted by Crippen LogP contribution is 2.36. The van der Waals surface area contributed by atoms with Crippen molar-refractivity contribution in [2.24, 2.45) is 5.92 Å². The van der Waals surface area contributed by atoms with Gasteiger partial charge in [-0.15, -0.1) is 0 Å². The molecule has 2 heterocycles. The second-order valence-corrected chi connectivity index (χ2v) is 8.93. The summed E-state index contributed by atoms with van der Waals surface area (Å²) in [4.78, 5) is 21.4. The molecule has 31 heavy (non-hydrogen) atoms. The Morgan fingerprint density at radius 2 is 2.10 bits per heavy atom. The van der Waals surface area contributed by atoms with E-state index in [-0.39, 0.29) is 18.4 Å². The monoisotopic (exact) mass is 427 g/mol. The number of hydrogen-bond donors (Lipinski definition) is 0. The van der Waals surface area contributed by atoms with Crippen LogP contribution < -0.4 is 14.4 Å². The Balaban J connectivity index is 1.48. The summed E-state index contributed by atoms with van der Waals surface area (Å²) >= 11 is 0. The number of anilines is 1. The molecule has 4 rings (SSSR count). The minimum Gasteiger partial charge on any atom is -0.493 e. The predicted molar refractivity (Wildman–Crippen MR) is 119 cm³/mol. The average molecular weight is 428 g/mol. The molecule has 7 heteroatoms. The van der Waals surface area contributed by atoms with Crippen molar-refractivity contribution in [2.45, 2.75) is 58.1 Å². The zero-order valence-electron chi connectivity index (χ0n) is 18.8. The predicted octanol–water partition coefficient (Wildman–Crippen LogP) is 3.92. The van der Waals surface area contributed by atoms with Crippen molar-refractivity contribution in [3.8, 4) is 11.5 Å². The smallest absolute Gasteiger partial charge is 0.232 e. The Labute approximate surface area is 184 Å². The SMILES string of the molecule is COc1ccc(N2CCN(C(=O)Cc3ncco3)C(CC(C)C)C2)cc1OC1CCC1. The number of piperazine rings is 1. The zero-order valence-corrected chi connectivity index (χ0v) is 18.8. The molecule has 0 N–H and O–H groups in total. The van der Waals surface area contributed by atoms with E-state index in [4.69, 9.17) is 13.9 Å². The van der Waals surface area contributed by atoms with Gasteiger partial charge in [0.05, 0.1) is 19.4 Å². The van der Waals surface area contributed by atoms with Gasteiger partial charge in [-0.3, -0.25) is 4.79 Å². The van der Waals surface area contributed by atoms with Crippen molar-refractivity contribution in [3.05, 3.63) is 36.5 Å². The molecular weight excluding hydrogens is 394 g/mol. The largest absolute Gasteiger partial charge is 0.493 e. The van der Waals surface area contributed by atoms with Crippen LogP contribution in [0, 0.1) is 5.92 Å². The lowest BCUT2D eigenvalue weighted by molar-refractivity contribution is -0.133. The molecule has 1 aromatic heterocycles. The van der Waals surface area contributed by atoms with E-state index in [1.807, 2.05) is 11.0 Å². The first kappa shape index (κ1) is 21.5. The van der Waals surface area contributed by atoms with E-state index in [9.17, 15) is 4.79 Å². The van der Waals surface area contributed by atoms with Gasteiger partial charge in [0.15, 0.2) is 11.5 Å². The van der Waals surface area contributed by atoms with Gasteiger partial charge < -0.3 is 23.7 Å². The fourth-order valence-electron chi connectivity index (χ4n) is 4.36. The summed E-state index contributed by atoms with van der Waals surface area (Å²) < 4.78 is 17.0. The van der Waals surface area contributed by atoms with Crippen molar-refractivity contribution in [2.75, 3.05) is 31.6 Å². The summed E-state index contributed by atoms with van der Waals surface area (Å²) in [5.41, 5.74) is 1.11. The molecule has 0 bridgehead atoms. The highest BCUT2D eigenvalue weighted by molar-refractivity contribution is 5.78. The minimum absolute atomic E-state index is 0.0801. The van der Waals surface area contributed by atoms with E-state index in [0.717, 1.165) is 49.5 Å². The van der Waals surface area contributed by atoms with Crippen LogP contribution in [0.25, 0.3) is 0 Å². The van der Waals surface area contributed by atoms with Gasteiger partial charge in [-0.05, 0) is 43.7 Å². The Kier molecular flexibility index (Phi) is 6.68. The van der Waals surface area contributed by atoms with Gasteiger partial charge in [-0.1, -0.05) is 13.8 Å². The lowest BCUT2D eigenvalue weighted by Crippen LogP contribution is -2.56. The Morgan fingerprint density at radius 1 is 1.26 bits per heavy atom. The highest BCUT2D eigenvalue weighted by Gasteiger charge is 2.32. The molecule has 1 aliphatic heterocycles. The number of oxazole rings is 1. The molecule has 1 saturated carbocycles. The molecule has 2 aliphatic rings. The van der Waals surface area contributed by atoms with Gasteiger partial charge in [-0.2, -0.15) is 0 Å². The zero-order chi connectivity index (χ0) is 21.8. The third kappa shape index (κ3) is 5.14. The molecule has 1 aromatic carbocycles. The lowest BCUT2D eigenvalue weighted by Gasteiger charge is -2.43. The van der Waals surface area contributed by atoms with Crippen LogP contribution in [0.15, 0.2) is 35.1 Å². The first-order valence-electron chi connectivity index (χ1n) is 11.3. The fourth-order valence-corrected chi connectivity index (χ4v) is 4.36. The van der Waals surface area contributed by atoms with Crippen molar-refractivity contribution in [1.29, 1.82) is 0 Å². The summed E-state index contributed by atoms with van der Waals surface area (Å²) in [5.74, 6) is 2.64. The van der Waals surface area contributed by atoms with E-state index in [1.54, 1.807) is 13.3 Å². The normalized spacial score (nSPS) is 19.4. The molecule has 168 valence electrons. The maximum absolute atomic E-state index is 13.0. The van der Waals surface area contributed by atoms with Crippen LogP contribution in [0.2, 0.25) is 0 Å². The number of aromatic nitrogens is 1. The molecule has 1 saturated heterocycles. The van der Waals surface area contributed by atoms with Crippen LogP contribution in [0.1, 0.15) is 45.4 Å². The third-order valence-corrected chi connectivity index (χ3v) is 6.19. The second-order valence-electron chi connectivity index (χ2n) is 8.93. The summed E-state index contributed by atoms with van der Waals surface area (Å²) in [5, 5.41) is 0. The van der Waals surface area contributed by atoms with Crippen LogP contribution in [-0.4, -0.2) is 54.7 Å². The number of benzene rings is 1. The van der Waals surface area contributed by atoms with E-state index >= 15 is 0 Å². The van der Waals surface area contributed by atoms with Crippen molar-refractivity contribution >= 4 is 11.6 Å². The van der Waals surface area contributed by atoms with Gasteiger partial charge in [0.1, 0.15) is 12.7 Å². The standard InChI is InChI=1S/C24H33N3O4/c1-17(2)13-19-16-26(10-11-27(19)24(28)15-23-25-9-12-30-23)18-7-8-21(29-3)22(14-18)31-20-5-4-6-20/h7-9,12,14,17,19-20H,4-6,10-11,13,15-16H2,1-3H3. The van der Waals surface area contributed by atoms with Gasteiger partial charge in [-0.25, -0.2) is 4.98 Å². The van der Waals surface area contributed by atoms with Crippen LogP contribution >= 0.6 is 0 Å². The lowest BCUT2D eigenvalue weighted by atomic mass is 9.96. The molecule has 2 aromatic rings. The maximum atomic E-state index is 13.0. The number of carbonyl (C=O) groups excluding carboxylic acids is 1. The van der Waals surface area contributed by atoms with Gasteiger partial charge >= 0.3 is 0 Å². The average Bonchev–Trinajstić information content (AvgIpc) is 3.23. The summed E-state index contributed by atoms with van der Waals surface area (Å²) in [6.07, 6.45) is 8.00. The van der Waals surface area contributed by atoms with Crippen molar-refractivity contribution < 1.29 is 18.7 Å². The maximum Gasteiger partial charge on any atom is 0.232 e. The molecule has 0 radical (unpaired) electrons. The van der Waals surface area contributed by atoms with Crippen LogP contribution in [0.3, 0.4) is 0 Å². The topological polar surface area (TPSA) is 68.0 Å². The van der Waals surface area contributed by atoms with Gasteiger partial charge in [0, 0.05) is 37.4 Å². The summed E-state index contributed by atoms with van der Waals surface area (Å²) in [6, 6.07) is 6.31. The number of ether oxygens (including phenoxy) is 2. The van der Waals surface area contributed by atoms with Crippen LogP contribution in [0.4, 0.5) is 5.69 Å². The summed E-state index contributed by atoms with van der Waals surface area (Å²) in [6.45, 7) is 6.66. The molecule has 1 aliphatic carbocycles. The molecule has 2 fully saturated rings. The number of carbonyl (C=O) groups is 1. The number of amides is 1. The fraction of sp³-hybridized carbons (Fsp3) is 0.583. The van der Waals surface area contributed by atoms with E-state index in [2.05, 4.69) is 35.9 Å². The van der Waals surface area contributed by atoms with Crippen LogP contribution in [-0.2, 0) is 11.2 Å². The number of hydrogen-bond acceptors (Lipinski definition) is 6. The second kappa shape index (κ2) is 9.62. The van der Waals surface area contributed by atoms with Gasteiger partial charge in [0.25, 0.3) is 0 Å². The quantitative estimate of drug-likeness (QED) is 0.636. The highest BCUT2D eigenvalue weighted by atomic mass is 16.5. The van der Waals surface area contributed by atoms with E-state index < -0.39 is 0 Å².